The highest BCUT2D eigenvalue weighted by molar-refractivity contribution is 5.95. The van der Waals surface area contributed by atoms with Gasteiger partial charge in [0.2, 0.25) is 17.7 Å². The van der Waals surface area contributed by atoms with Crippen LogP contribution in [0.3, 0.4) is 0 Å². The van der Waals surface area contributed by atoms with Crippen molar-refractivity contribution in [3.63, 3.8) is 0 Å². The fourth-order valence-corrected chi connectivity index (χ4v) is 3.31. The van der Waals surface area contributed by atoms with Crippen molar-refractivity contribution in [1.29, 1.82) is 0 Å². The molecule has 2 aliphatic heterocycles. The Hall–Kier alpha value is -2.41. The summed E-state index contributed by atoms with van der Waals surface area (Å²) < 4.78 is 5.25. The maximum atomic E-state index is 12.6. The Morgan fingerprint density at radius 1 is 1.12 bits per heavy atom. The Bertz CT molecular complexity index is 643. The van der Waals surface area contributed by atoms with Crippen LogP contribution in [0.25, 0.3) is 0 Å². The van der Waals surface area contributed by atoms with Crippen molar-refractivity contribution < 1.29 is 19.1 Å². The number of benzene rings is 1. The molecule has 134 valence electrons. The summed E-state index contributed by atoms with van der Waals surface area (Å²) >= 11 is 0. The minimum Gasteiger partial charge on any atom is -0.378 e. The minimum atomic E-state index is -0.573. The lowest BCUT2D eigenvalue weighted by Crippen LogP contribution is -2.68. The molecule has 7 nitrogen and oxygen atoms in total. The number of amides is 3. The molecule has 3 rings (SSSR count). The maximum absolute atomic E-state index is 12.6. The van der Waals surface area contributed by atoms with Gasteiger partial charge < -0.3 is 19.9 Å². The molecule has 0 radical (unpaired) electrons. The normalized spacial score (nSPS) is 22.9. The summed E-state index contributed by atoms with van der Waals surface area (Å²) in [5.41, 5.74) is 0.991. The van der Waals surface area contributed by atoms with E-state index in [1.807, 2.05) is 30.3 Å². The SMILES string of the molecule is CC(=O)N1[C@@H](C(=O)NCc2ccccc2)C[C@H]1C(=O)N1CCOCC1. The second-order valence-electron chi connectivity index (χ2n) is 6.33. The molecular weight excluding hydrogens is 322 g/mol. The number of morpholine rings is 1. The third kappa shape index (κ3) is 3.82. The highest BCUT2D eigenvalue weighted by atomic mass is 16.5. The lowest BCUT2D eigenvalue weighted by atomic mass is 9.90. The molecule has 2 saturated heterocycles. The first-order chi connectivity index (χ1) is 12.1. The van der Waals surface area contributed by atoms with Gasteiger partial charge in [-0.15, -0.1) is 0 Å². The molecule has 0 spiro atoms. The molecule has 0 aromatic heterocycles. The second-order valence-corrected chi connectivity index (χ2v) is 6.33. The van der Waals surface area contributed by atoms with Crippen LogP contribution in [0, 0.1) is 0 Å². The molecule has 1 aromatic rings. The zero-order valence-corrected chi connectivity index (χ0v) is 14.3. The molecule has 2 atom stereocenters. The Balaban J connectivity index is 1.58. The number of hydrogen-bond donors (Lipinski definition) is 1. The summed E-state index contributed by atoms with van der Waals surface area (Å²) in [5, 5.41) is 2.85. The Labute approximate surface area is 146 Å². The van der Waals surface area contributed by atoms with Crippen LogP contribution in [0.15, 0.2) is 30.3 Å². The van der Waals surface area contributed by atoms with Gasteiger partial charge >= 0.3 is 0 Å². The van der Waals surface area contributed by atoms with Crippen LogP contribution in [-0.2, 0) is 25.7 Å². The van der Waals surface area contributed by atoms with Gasteiger partial charge in [0, 0.05) is 33.0 Å². The van der Waals surface area contributed by atoms with E-state index in [-0.39, 0.29) is 17.7 Å². The van der Waals surface area contributed by atoms with Crippen LogP contribution in [0.4, 0.5) is 0 Å². The molecule has 1 N–H and O–H groups in total. The highest BCUT2D eigenvalue weighted by Gasteiger charge is 2.49. The van der Waals surface area contributed by atoms with Gasteiger partial charge in [0.05, 0.1) is 13.2 Å². The number of likely N-dealkylation sites (tertiary alicyclic amines) is 1. The number of carbonyl (C=O) groups is 3. The van der Waals surface area contributed by atoms with E-state index in [1.54, 1.807) is 4.90 Å². The van der Waals surface area contributed by atoms with Gasteiger partial charge in [-0.2, -0.15) is 0 Å². The van der Waals surface area contributed by atoms with Gasteiger partial charge in [-0.25, -0.2) is 0 Å². The monoisotopic (exact) mass is 345 g/mol. The Morgan fingerprint density at radius 2 is 1.80 bits per heavy atom. The molecule has 2 heterocycles. The first-order valence-corrected chi connectivity index (χ1v) is 8.55. The van der Waals surface area contributed by atoms with Gasteiger partial charge in [-0.1, -0.05) is 30.3 Å². The van der Waals surface area contributed by atoms with E-state index >= 15 is 0 Å². The number of carbonyl (C=O) groups excluding carboxylic acids is 3. The van der Waals surface area contributed by atoms with Crippen molar-refractivity contribution >= 4 is 17.7 Å². The molecule has 25 heavy (non-hydrogen) atoms. The van der Waals surface area contributed by atoms with Crippen LogP contribution in [0.5, 0.6) is 0 Å². The average molecular weight is 345 g/mol. The van der Waals surface area contributed by atoms with E-state index in [2.05, 4.69) is 5.32 Å². The quantitative estimate of drug-likeness (QED) is 0.843. The van der Waals surface area contributed by atoms with E-state index in [9.17, 15) is 14.4 Å². The molecule has 1 aromatic carbocycles. The molecule has 2 aliphatic rings. The Morgan fingerprint density at radius 3 is 2.44 bits per heavy atom. The van der Waals surface area contributed by atoms with Crippen molar-refractivity contribution in [2.24, 2.45) is 0 Å². The number of rotatable bonds is 4. The molecule has 0 unspecified atom stereocenters. The summed E-state index contributed by atoms with van der Waals surface area (Å²) in [6.07, 6.45) is 0.371. The molecule has 0 bridgehead atoms. The second kappa shape index (κ2) is 7.65. The summed E-state index contributed by atoms with van der Waals surface area (Å²) in [6.45, 7) is 3.90. The van der Waals surface area contributed by atoms with Crippen LogP contribution < -0.4 is 5.32 Å². The molecular formula is C18H23N3O4. The predicted octanol–water partition coefficient (Wildman–Crippen LogP) is 0.151. The fraction of sp³-hybridized carbons (Fsp3) is 0.500. The van der Waals surface area contributed by atoms with Gasteiger partial charge in [-0.05, 0) is 5.56 Å². The van der Waals surface area contributed by atoms with Crippen LogP contribution in [0.1, 0.15) is 18.9 Å². The standard InChI is InChI=1S/C18H23N3O4/c1-13(22)21-15(17(23)19-12-14-5-3-2-4-6-14)11-16(21)18(24)20-7-9-25-10-8-20/h2-6,15-16H,7-12H2,1H3,(H,19,23)/t15-,16+/m1/s1. The molecule has 2 fully saturated rings. The third-order valence-electron chi connectivity index (χ3n) is 4.70. The minimum absolute atomic E-state index is 0.0920. The zero-order valence-electron chi connectivity index (χ0n) is 14.3. The summed E-state index contributed by atoms with van der Waals surface area (Å²) in [7, 11) is 0. The van der Waals surface area contributed by atoms with E-state index < -0.39 is 12.1 Å². The van der Waals surface area contributed by atoms with Gasteiger partial charge in [0.15, 0.2) is 0 Å². The van der Waals surface area contributed by atoms with Crippen LogP contribution >= 0.6 is 0 Å². The van der Waals surface area contributed by atoms with E-state index in [0.717, 1.165) is 5.56 Å². The molecule has 3 amide bonds. The van der Waals surface area contributed by atoms with Crippen molar-refractivity contribution in [1.82, 2.24) is 15.1 Å². The van der Waals surface area contributed by atoms with Crippen molar-refractivity contribution in [3.05, 3.63) is 35.9 Å². The highest BCUT2D eigenvalue weighted by Crippen LogP contribution is 2.28. The van der Waals surface area contributed by atoms with Crippen LogP contribution in [0.2, 0.25) is 0 Å². The van der Waals surface area contributed by atoms with Gasteiger partial charge in [-0.3, -0.25) is 14.4 Å². The lowest BCUT2D eigenvalue weighted by molar-refractivity contribution is -0.164. The number of nitrogens with one attached hydrogen (secondary N) is 1. The first kappa shape index (κ1) is 17.4. The summed E-state index contributed by atoms with van der Waals surface area (Å²) in [4.78, 5) is 40.1. The van der Waals surface area contributed by atoms with Crippen molar-refractivity contribution in [3.8, 4) is 0 Å². The van der Waals surface area contributed by atoms with Crippen molar-refractivity contribution in [2.75, 3.05) is 26.3 Å². The smallest absolute Gasteiger partial charge is 0.245 e. The Kier molecular flexibility index (Phi) is 5.33. The number of ether oxygens (including phenoxy) is 1. The molecule has 7 heteroatoms. The summed E-state index contributed by atoms with van der Waals surface area (Å²) in [5.74, 6) is -0.562. The first-order valence-electron chi connectivity index (χ1n) is 8.55. The largest absolute Gasteiger partial charge is 0.378 e. The maximum Gasteiger partial charge on any atom is 0.245 e. The van der Waals surface area contributed by atoms with E-state index in [4.69, 9.17) is 4.74 Å². The fourth-order valence-electron chi connectivity index (χ4n) is 3.31. The predicted molar refractivity (Wildman–Crippen MR) is 90.4 cm³/mol. The summed E-state index contributed by atoms with van der Waals surface area (Å²) in [6, 6.07) is 8.46. The van der Waals surface area contributed by atoms with E-state index in [1.165, 1.54) is 11.8 Å². The van der Waals surface area contributed by atoms with E-state index in [0.29, 0.717) is 39.3 Å². The molecule has 0 saturated carbocycles. The lowest BCUT2D eigenvalue weighted by Gasteiger charge is -2.47. The third-order valence-corrected chi connectivity index (χ3v) is 4.70. The van der Waals surface area contributed by atoms with Gasteiger partial charge in [0.25, 0.3) is 0 Å². The number of hydrogen-bond acceptors (Lipinski definition) is 4. The zero-order chi connectivity index (χ0) is 17.8. The topological polar surface area (TPSA) is 79.0 Å². The van der Waals surface area contributed by atoms with Crippen LogP contribution in [-0.4, -0.2) is 65.9 Å². The number of nitrogens with zero attached hydrogens (tertiary/aromatic N) is 2. The van der Waals surface area contributed by atoms with Crippen molar-refractivity contribution in [2.45, 2.75) is 32.0 Å². The van der Waals surface area contributed by atoms with Gasteiger partial charge in [0.1, 0.15) is 12.1 Å². The average Bonchev–Trinajstić information content (AvgIpc) is 2.60. The molecule has 0 aliphatic carbocycles.